The van der Waals surface area contributed by atoms with E-state index in [0.29, 0.717) is 10.4 Å². The molecular weight excluding hydrogens is 399 g/mol. The van der Waals surface area contributed by atoms with Crippen molar-refractivity contribution < 1.29 is 30.0 Å². The van der Waals surface area contributed by atoms with Crippen molar-refractivity contribution in [1.29, 1.82) is 0 Å². The van der Waals surface area contributed by atoms with E-state index in [1.54, 1.807) is 0 Å². The molecule has 0 aliphatic rings. The standard InChI is InChI=1S/C12H14F3N5O4S2/c1-19(2)26(23,24)20-8-16-11(18-20)25(21,22)17-7-9-4-3-5-10(6-9)12(13,14)15/h3-6,8,17H,7H2,1-2H3. The predicted octanol–water partition coefficient (Wildman–Crippen LogP) is 0.430. The van der Waals surface area contributed by atoms with E-state index in [9.17, 15) is 30.0 Å². The van der Waals surface area contributed by atoms with Gasteiger partial charge in [-0.15, -0.1) is 9.19 Å². The number of sulfonamides is 1. The Morgan fingerprint density at radius 2 is 1.85 bits per heavy atom. The van der Waals surface area contributed by atoms with Crippen LogP contribution in [0.3, 0.4) is 0 Å². The lowest BCUT2D eigenvalue weighted by atomic mass is 10.1. The van der Waals surface area contributed by atoms with E-state index in [2.05, 4.69) is 10.1 Å². The molecule has 1 N–H and O–H groups in total. The van der Waals surface area contributed by atoms with Crippen LogP contribution in [-0.4, -0.2) is 49.4 Å². The van der Waals surface area contributed by atoms with Crippen LogP contribution in [0.15, 0.2) is 35.7 Å². The van der Waals surface area contributed by atoms with E-state index in [1.807, 2.05) is 4.72 Å². The second-order valence-corrected chi connectivity index (χ2v) is 8.87. The predicted molar refractivity (Wildman–Crippen MR) is 83.5 cm³/mol. The maximum absolute atomic E-state index is 12.7. The quantitative estimate of drug-likeness (QED) is 0.735. The summed E-state index contributed by atoms with van der Waals surface area (Å²) >= 11 is 0. The summed E-state index contributed by atoms with van der Waals surface area (Å²) in [6.07, 6.45) is -3.86. The maximum Gasteiger partial charge on any atom is 0.416 e. The minimum Gasteiger partial charge on any atom is -0.204 e. The zero-order chi connectivity index (χ0) is 19.8. The highest BCUT2D eigenvalue weighted by Gasteiger charge is 2.30. The monoisotopic (exact) mass is 413 g/mol. The molecule has 0 bridgehead atoms. The Hall–Kier alpha value is -2.03. The molecule has 2 aromatic rings. The first-order valence-corrected chi connectivity index (χ1v) is 9.72. The van der Waals surface area contributed by atoms with Crippen molar-refractivity contribution in [1.82, 2.24) is 23.2 Å². The third-order valence-electron chi connectivity index (χ3n) is 3.11. The number of nitrogens with zero attached hydrogens (tertiary/aromatic N) is 4. The molecule has 26 heavy (non-hydrogen) atoms. The lowest BCUT2D eigenvalue weighted by molar-refractivity contribution is -0.137. The first-order valence-electron chi connectivity index (χ1n) is 6.84. The average molecular weight is 413 g/mol. The molecular formula is C12H14F3N5O4S2. The fraction of sp³-hybridized carbons (Fsp3) is 0.333. The van der Waals surface area contributed by atoms with Crippen molar-refractivity contribution in [2.24, 2.45) is 0 Å². The van der Waals surface area contributed by atoms with Gasteiger partial charge in [-0.25, -0.2) is 18.1 Å². The summed E-state index contributed by atoms with van der Waals surface area (Å²) in [4.78, 5) is 3.42. The van der Waals surface area contributed by atoms with E-state index >= 15 is 0 Å². The van der Waals surface area contributed by atoms with Gasteiger partial charge in [-0.05, 0) is 11.6 Å². The van der Waals surface area contributed by atoms with Crippen LogP contribution >= 0.6 is 0 Å². The number of benzene rings is 1. The summed E-state index contributed by atoms with van der Waals surface area (Å²) in [6, 6.07) is 4.10. The summed E-state index contributed by atoms with van der Waals surface area (Å²) < 4.78 is 89.1. The summed E-state index contributed by atoms with van der Waals surface area (Å²) in [5.41, 5.74) is -0.863. The third-order valence-corrected chi connectivity index (χ3v) is 5.87. The Morgan fingerprint density at radius 3 is 2.42 bits per heavy atom. The number of aromatic nitrogens is 3. The molecule has 0 unspecified atom stereocenters. The Labute approximate surface area is 147 Å². The van der Waals surface area contributed by atoms with Crippen LogP contribution in [0.25, 0.3) is 0 Å². The van der Waals surface area contributed by atoms with Crippen LogP contribution in [0.1, 0.15) is 11.1 Å². The Bertz CT molecular complexity index is 1000. The van der Waals surface area contributed by atoms with Crippen molar-refractivity contribution in [3.8, 4) is 0 Å². The molecule has 0 saturated heterocycles. The molecule has 0 amide bonds. The van der Waals surface area contributed by atoms with Gasteiger partial charge in [0.05, 0.1) is 5.56 Å². The molecule has 0 spiro atoms. The van der Waals surface area contributed by atoms with E-state index in [4.69, 9.17) is 0 Å². The molecule has 14 heteroatoms. The van der Waals surface area contributed by atoms with Gasteiger partial charge >= 0.3 is 16.4 Å². The van der Waals surface area contributed by atoms with Crippen molar-refractivity contribution in [2.45, 2.75) is 17.9 Å². The lowest BCUT2D eigenvalue weighted by Gasteiger charge is -2.10. The van der Waals surface area contributed by atoms with Gasteiger partial charge in [-0.2, -0.15) is 25.9 Å². The first-order chi connectivity index (χ1) is 11.8. The van der Waals surface area contributed by atoms with E-state index in [1.165, 1.54) is 20.2 Å². The first kappa shape index (κ1) is 20.3. The summed E-state index contributed by atoms with van der Waals surface area (Å²) in [5, 5.41) is 2.57. The van der Waals surface area contributed by atoms with Gasteiger partial charge in [0, 0.05) is 20.6 Å². The fourth-order valence-electron chi connectivity index (χ4n) is 1.74. The molecule has 0 radical (unpaired) electrons. The highest BCUT2D eigenvalue weighted by molar-refractivity contribution is 7.89. The Balaban J connectivity index is 2.19. The third kappa shape index (κ3) is 4.38. The highest BCUT2D eigenvalue weighted by atomic mass is 32.2. The molecule has 9 nitrogen and oxygen atoms in total. The van der Waals surface area contributed by atoms with Crippen molar-refractivity contribution >= 4 is 20.2 Å². The number of nitrogens with one attached hydrogen (secondary N) is 1. The lowest BCUT2D eigenvalue weighted by Crippen LogP contribution is -2.30. The zero-order valence-corrected chi connectivity index (χ0v) is 15.1. The van der Waals surface area contributed by atoms with Crippen LogP contribution < -0.4 is 4.72 Å². The molecule has 144 valence electrons. The minimum atomic E-state index is -4.56. The van der Waals surface area contributed by atoms with Gasteiger partial charge in [0.15, 0.2) is 0 Å². The van der Waals surface area contributed by atoms with E-state index in [0.717, 1.165) is 22.5 Å². The van der Waals surface area contributed by atoms with Gasteiger partial charge in [0.1, 0.15) is 6.33 Å². The van der Waals surface area contributed by atoms with Crippen LogP contribution in [0.2, 0.25) is 0 Å². The minimum absolute atomic E-state index is 0.0590. The summed E-state index contributed by atoms with van der Waals surface area (Å²) in [7, 11) is -5.94. The van der Waals surface area contributed by atoms with Crippen molar-refractivity contribution in [3.63, 3.8) is 0 Å². The maximum atomic E-state index is 12.7. The zero-order valence-electron chi connectivity index (χ0n) is 13.5. The Kier molecular flexibility index (Phi) is 5.41. The molecule has 0 aliphatic carbocycles. The van der Waals surface area contributed by atoms with Crippen LogP contribution in [-0.2, 0) is 33.0 Å². The molecule has 1 aromatic carbocycles. The number of halogens is 3. The second-order valence-electron chi connectivity index (χ2n) is 5.21. The Morgan fingerprint density at radius 1 is 1.19 bits per heavy atom. The number of alkyl halides is 3. The SMILES string of the molecule is CN(C)S(=O)(=O)n1cnc(S(=O)(=O)NCc2cccc(C(F)(F)F)c2)n1. The normalized spacial score (nSPS) is 13.3. The molecule has 1 heterocycles. The fourth-order valence-corrected chi connectivity index (χ4v) is 3.34. The van der Waals surface area contributed by atoms with Crippen molar-refractivity contribution in [2.75, 3.05) is 14.1 Å². The van der Waals surface area contributed by atoms with Gasteiger partial charge in [0.25, 0.3) is 15.2 Å². The summed E-state index contributed by atoms with van der Waals surface area (Å²) in [5.74, 6) is 0. The molecule has 0 aliphatic heterocycles. The van der Waals surface area contributed by atoms with Crippen LogP contribution in [0.4, 0.5) is 13.2 Å². The molecule has 0 saturated carbocycles. The van der Waals surface area contributed by atoms with Gasteiger partial charge in [-0.1, -0.05) is 18.2 Å². The molecule has 0 atom stereocenters. The highest BCUT2D eigenvalue weighted by Crippen LogP contribution is 2.29. The molecule has 2 rings (SSSR count). The second kappa shape index (κ2) is 6.94. The van der Waals surface area contributed by atoms with E-state index < -0.39 is 43.7 Å². The van der Waals surface area contributed by atoms with Gasteiger partial charge in [-0.3, -0.25) is 0 Å². The smallest absolute Gasteiger partial charge is 0.204 e. The topological polar surface area (TPSA) is 114 Å². The van der Waals surface area contributed by atoms with Crippen molar-refractivity contribution in [3.05, 3.63) is 41.7 Å². The van der Waals surface area contributed by atoms with Crippen LogP contribution in [0.5, 0.6) is 0 Å². The average Bonchev–Trinajstić information content (AvgIpc) is 3.04. The van der Waals surface area contributed by atoms with Crippen LogP contribution in [0, 0.1) is 0 Å². The summed E-state index contributed by atoms with van der Waals surface area (Å²) in [6.45, 7) is -0.457. The molecule has 1 aromatic heterocycles. The molecule has 0 fully saturated rings. The number of hydrogen-bond donors (Lipinski definition) is 1. The number of hydrogen-bond acceptors (Lipinski definition) is 6. The largest absolute Gasteiger partial charge is 0.416 e. The van der Waals surface area contributed by atoms with Gasteiger partial charge in [0.2, 0.25) is 0 Å². The number of rotatable bonds is 6. The van der Waals surface area contributed by atoms with E-state index in [-0.39, 0.29) is 5.56 Å². The van der Waals surface area contributed by atoms with Gasteiger partial charge < -0.3 is 0 Å².